The summed E-state index contributed by atoms with van der Waals surface area (Å²) in [6, 6.07) is 7.27. The number of hydrogen-bond acceptors (Lipinski definition) is 5. The third-order valence-corrected chi connectivity index (χ3v) is 4.14. The molecule has 1 aromatic carbocycles. The first-order chi connectivity index (χ1) is 11.4. The summed E-state index contributed by atoms with van der Waals surface area (Å²) >= 11 is 3.33. The molecule has 0 atom stereocenters. The number of benzene rings is 1. The number of halogens is 1. The number of ketones is 1. The van der Waals surface area contributed by atoms with E-state index in [1.54, 1.807) is 12.1 Å². The zero-order chi connectivity index (χ0) is 17.9. The summed E-state index contributed by atoms with van der Waals surface area (Å²) in [6.45, 7) is 2.14. The zero-order valence-electron chi connectivity index (χ0n) is 13.5. The molecule has 0 saturated heterocycles. The Labute approximate surface area is 147 Å². The van der Waals surface area contributed by atoms with Crippen LogP contribution in [0.3, 0.4) is 0 Å². The Bertz CT molecular complexity index is 869. The molecule has 24 heavy (non-hydrogen) atoms. The summed E-state index contributed by atoms with van der Waals surface area (Å²) in [5.41, 5.74) is 5.32. The van der Waals surface area contributed by atoms with Gasteiger partial charge in [0.15, 0.2) is 5.78 Å². The molecule has 8 heteroatoms. The molecule has 0 amide bonds. The van der Waals surface area contributed by atoms with Crippen LogP contribution in [0.25, 0.3) is 0 Å². The van der Waals surface area contributed by atoms with Gasteiger partial charge in [-0.05, 0) is 30.7 Å². The summed E-state index contributed by atoms with van der Waals surface area (Å²) < 4.78 is 3.09. The number of carbonyl (C=O) groups excluding carboxylic acids is 1. The molecule has 1 aromatic heterocycles. The van der Waals surface area contributed by atoms with Gasteiger partial charge in [0.2, 0.25) is 0 Å². The van der Waals surface area contributed by atoms with Crippen LogP contribution >= 0.6 is 15.9 Å². The van der Waals surface area contributed by atoms with Crippen molar-refractivity contribution in [1.82, 2.24) is 9.13 Å². The summed E-state index contributed by atoms with van der Waals surface area (Å²) in [7, 11) is 1.34. The highest BCUT2D eigenvalue weighted by Gasteiger charge is 2.20. The first-order valence-electron chi connectivity index (χ1n) is 7.48. The molecule has 0 saturated carbocycles. The standard InChI is InChI=1S/C16H19BrN4O3/c1-3-8-21-14(18)13(15(23)20(2)16(21)24)12(22)9-19-11-6-4-10(17)5-7-11/h4-7,19H,3,8-9,18H2,1-2H3. The number of Topliss-reactive ketones (excluding diaryl/α,β-unsaturated/α-hetero) is 1. The number of rotatable bonds is 6. The number of anilines is 2. The Morgan fingerprint density at radius 3 is 2.46 bits per heavy atom. The Balaban J connectivity index is 2.33. The molecule has 0 aliphatic rings. The van der Waals surface area contributed by atoms with Gasteiger partial charge in [0, 0.05) is 23.8 Å². The van der Waals surface area contributed by atoms with Crippen molar-refractivity contribution in [3.8, 4) is 0 Å². The molecular formula is C16H19BrN4O3. The number of nitrogens with two attached hydrogens (primary N) is 1. The van der Waals surface area contributed by atoms with Gasteiger partial charge in [0.05, 0.1) is 6.54 Å². The second-order valence-corrected chi connectivity index (χ2v) is 6.26. The quantitative estimate of drug-likeness (QED) is 0.724. The second-order valence-electron chi connectivity index (χ2n) is 5.34. The first kappa shape index (κ1) is 18.0. The molecule has 0 aliphatic carbocycles. The Morgan fingerprint density at radius 2 is 1.88 bits per heavy atom. The van der Waals surface area contributed by atoms with Gasteiger partial charge in [-0.15, -0.1) is 0 Å². The maximum absolute atomic E-state index is 12.5. The van der Waals surface area contributed by atoms with Crippen LogP contribution < -0.4 is 22.3 Å². The predicted molar refractivity (Wildman–Crippen MR) is 97.6 cm³/mol. The van der Waals surface area contributed by atoms with Crippen molar-refractivity contribution < 1.29 is 4.79 Å². The molecule has 0 radical (unpaired) electrons. The minimum Gasteiger partial charge on any atom is -0.384 e. The average molecular weight is 395 g/mol. The van der Waals surface area contributed by atoms with E-state index in [4.69, 9.17) is 5.73 Å². The molecule has 7 nitrogen and oxygen atoms in total. The molecule has 2 aromatic rings. The van der Waals surface area contributed by atoms with Crippen LogP contribution in [-0.2, 0) is 13.6 Å². The number of carbonyl (C=O) groups is 1. The SMILES string of the molecule is CCCn1c(N)c(C(=O)CNc2ccc(Br)cc2)c(=O)n(C)c1=O. The van der Waals surface area contributed by atoms with Crippen LogP contribution in [0.5, 0.6) is 0 Å². The fourth-order valence-electron chi connectivity index (χ4n) is 2.32. The third-order valence-electron chi connectivity index (χ3n) is 3.61. The summed E-state index contributed by atoms with van der Waals surface area (Å²) in [6.07, 6.45) is 0.660. The summed E-state index contributed by atoms with van der Waals surface area (Å²) in [4.78, 5) is 36.8. The molecule has 0 fully saturated rings. The van der Waals surface area contributed by atoms with Crippen LogP contribution in [0, 0.1) is 0 Å². The minimum absolute atomic E-state index is 0.0763. The van der Waals surface area contributed by atoms with E-state index >= 15 is 0 Å². The maximum Gasteiger partial charge on any atom is 0.332 e. The highest BCUT2D eigenvalue weighted by Crippen LogP contribution is 2.14. The minimum atomic E-state index is -0.674. The molecule has 0 bridgehead atoms. The molecule has 0 aliphatic heterocycles. The van der Waals surface area contributed by atoms with Gasteiger partial charge in [-0.2, -0.15) is 0 Å². The normalized spacial score (nSPS) is 10.6. The van der Waals surface area contributed by atoms with E-state index in [0.717, 1.165) is 14.7 Å². The molecule has 0 unspecified atom stereocenters. The van der Waals surface area contributed by atoms with Crippen molar-refractivity contribution in [2.75, 3.05) is 17.6 Å². The number of hydrogen-bond donors (Lipinski definition) is 2. The highest BCUT2D eigenvalue weighted by molar-refractivity contribution is 9.10. The largest absolute Gasteiger partial charge is 0.384 e. The van der Waals surface area contributed by atoms with E-state index in [1.165, 1.54) is 11.6 Å². The van der Waals surface area contributed by atoms with E-state index in [1.807, 2.05) is 19.1 Å². The number of nitrogen functional groups attached to an aromatic ring is 1. The van der Waals surface area contributed by atoms with Gasteiger partial charge >= 0.3 is 5.69 Å². The fraction of sp³-hybridized carbons (Fsp3) is 0.312. The van der Waals surface area contributed by atoms with Gasteiger partial charge in [-0.25, -0.2) is 4.79 Å². The maximum atomic E-state index is 12.5. The molecule has 0 spiro atoms. The molecular weight excluding hydrogens is 376 g/mol. The van der Waals surface area contributed by atoms with Gasteiger partial charge in [-0.1, -0.05) is 22.9 Å². The van der Waals surface area contributed by atoms with Gasteiger partial charge in [0.1, 0.15) is 11.4 Å². The zero-order valence-corrected chi connectivity index (χ0v) is 15.1. The van der Waals surface area contributed by atoms with Crippen molar-refractivity contribution >= 4 is 33.2 Å². The predicted octanol–water partition coefficient (Wildman–Crippen LogP) is 1.60. The monoisotopic (exact) mass is 394 g/mol. The lowest BCUT2D eigenvalue weighted by atomic mass is 10.2. The third kappa shape index (κ3) is 3.59. The lowest BCUT2D eigenvalue weighted by molar-refractivity contribution is 0.100. The van der Waals surface area contributed by atoms with Crippen molar-refractivity contribution in [1.29, 1.82) is 0 Å². The van der Waals surface area contributed by atoms with Gasteiger partial charge < -0.3 is 11.1 Å². The second kappa shape index (κ2) is 7.48. The Morgan fingerprint density at radius 1 is 1.25 bits per heavy atom. The van der Waals surface area contributed by atoms with Crippen molar-refractivity contribution in [2.24, 2.45) is 7.05 Å². The average Bonchev–Trinajstić information content (AvgIpc) is 2.56. The summed E-state index contributed by atoms with van der Waals surface area (Å²) in [5.74, 6) is -0.534. The van der Waals surface area contributed by atoms with Crippen LogP contribution in [0.1, 0.15) is 23.7 Å². The number of nitrogens with one attached hydrogen (secondary N) is 1. The number of nitrogens with zero attached hydrogens (tertiary/aromatic N) is 2. The van der Waals surface area contributed by atoms with Crippen LogP contribution in [0.15, 0.2) is 38.3 Å². The summed E-state index contributed by atoms with van der Waals surface area (Å²) in [5, 5.41) is 2.95. The van der Waals surface area contributed by atoms with E-state index < -0.39 is 17.0 Å². The van der Waals surface area contributed by atoms with E-state index in [2.05, 4.69) is 21.2 Å². The molecule has 2 rings (SSSR count). The van der Waals surface area contributed by atoms with Crippen molar-refractivity contribution in [3.05, 3.63) is 55.1 Å². The lowest BCUT2D eigenvalue weighted by Gasteiger charge is -2.14. The molecule has 128 valence electrons. The van der Waals surface area contributed by atoms with Crippen molar-refractivity contribution in [3.63, 3.8) is 0 Å². The Hall–Kier alpha value is -2.35. The van der Waals surface area contributed by atoms with Crippen LogP contribution in [-0.4, -0.2) is 21.5 Å². The van der Waals surface area contributed by atoms with E-state index in [0.29, 0.717) is 13.0 Å². The van der Waals surface area contributed by atoms with Gasteiger partial charge in [-0.3, -0.25) is 18.7 Å². The molecule has 3 N–H and O–H groups in total. The smallest absolute Gasteiger partial charge is 0.332 e. The van der Waals surface area contributed by atoms with Crippen molar-refractivity contribution in [2.45, 2.75) is 19.9 Å². The van der Waals surface area contributed by atoms with Crippen LogP contribution in [0.4, 0.5) is 11.5 Å². The number of aromatic nitrogens is 2. The fourth-order valence-corrected chi connectivity index (χ4v) is 2.59. The topological polar surface area (TPSA) is 99.1 Å². The van der Waals surface area contributed by atoms with E-state index in [9.17, 15) is 14.4 Å². The Kier molecular flexibility index (Phi) is 5.61. The van der Waals surface area contributed by atoms with Gasteiger partial charge in [0.25, 0.3) is 5.56 Å². The van der Waals surface area contributed by atoms with E-state index in [-0.39, 0.29) is 17.9 Å². The highest BCUT2D eigenvalue weighted by atomic mass is 79.9. The van der Waals surface area contributed by atoms with Crippen LogP contribution in [0.2, 0.25) is 0 Å². The molecule has 1 heterocycles. The lowest BCUT2D eigenvalue weighted by Crippen LogP contribution is -2.43. The first-order valence-corrected chi connectivity index (χ1v) is 8.28.